The van der Waals surface area contributed by atoms with Crippen molar-refractivity contribution in [3.8, 4) is 11.5 Å². The number of fused-ring (bicyclic) bond motifs is 4. The lowest BCUT2D eigenvalue weighted by Crippen LogP contribution is -2.11. The molecule has 4 heterocycles. The number of aliphatic imine (C=N–C) groups is 2. The molecule has 2 aliphatic heterocycles. The van der Waals surface area contributed by atoms with E-state index < -0.39 is 37.0 Å². The van der Waals surface area contributed by atoms with E-state index in [2.05, 4.69) is 38.7 Å². The van der Waals surface area contributed by atoms with Crippen molar-refractivity contribution in [2.75, 3.05) is 0 Å². The van der Waals surface area contributed by atoms with Gasteiger partial charge >= 0.3 is 0 Å². The maximum Gasteiger partial charge on any atom is 0.294 e. The van der Waals surface area contributed by atoms with Crippen molar-refractivity contribution < 1.29 is 75.3 Å². The molecule has 9 N–H and O–H groups in total. The number of ketones is 1. The molecule has 290 valence electrons. The first-order chi connectivity index (χ1) is 26.6. The van der Waals surface area contributed by atoms with E-state index in [0.29, 0.717) is 49.8 Å². The molecule has 6 aromatic rings. The molecular formula is C32H22N4O16S4. The average molecular weight is 847 g/mol. The number of Topliss-reactive ketones (excluding diaryl/α,β-unsaturated/α-hetero) is 1. The van der Waals surface area contributed by atoms with Crippen molar-refractivity contribution in [2.45, 2.75) is 25.7 Å². The van der Waals surface area contributed by atoms with Gasteiger partial charge in [-0.1, -0.05) is 10.1 Å². The van der Waals surface area contributed by atoms with Gasteiger partial charge in [0.05, 0.1) is 50.8 Å². The molecule has 0 saturated heterocycles. The molecule has 20 nitrogen and oxygen atoms in total. The van der Waals surface area contributed by atoms with E-state index in [-0.39, 0.29) is 55.5 Å². The Hall–Kier alpha value is -5.19. The largest absolute Gasteiger partial charge is 0.505 e. The van der Waals surface area contributed by atoms with Gasteiger partial charge < -0.3 is 25.3 Å². The summed E-state index contributed by atoms with van der Waals surface area (Å²) < 4.78 is 72.3. The zero-order valence-electron chi connectivity index (χ0n) is 27.3. The van der Waals surface area contributed by atoms with Gasteiger partial charge in [-0.05, 0) is 72.8 Å². The van der Waals surface area contributed by atoms with Crippen molar-refractivity contribution in [1.82, 2.24) is 9.97 Å². The number of nitrogens with one attached hydrogen (secondary N) is 2. The number of aromatic nitrogens is 2. The minimum absolute atomic E-state index is 0.0211. The number of aliphatic hydroxyl groups is 1. The fourth-order valence-electron chi connectivity index (χ4n) is 5.85. The number of carbonyl (C=O) groups excluding carboxylic acids is 1. The maximum atomic E-state index is 12.7. The Kier molecular flexibility index (Phi) is 10.5. The Labute approximate surface area is 321 Å². The molecule has 1 atom stereocenters. The maximum absolute atomic E-state index is 12.7. The second-order valence-electron chi connectivity index (χ2n) is 11.6. The van der Waals surface area contributed by atoms with Gasteiger partial charge in [-0.2, -0.15) is 16.8 Å². The van der Waals surface area contributed by atoms with E-state index in [1.165, 1.54) is 24.3 Å². The Morgan fingerprint density at radius 1 is 0.661 bits per heavy atom. The Morgan fingerprint density at radius 2 is 1.18 bits per heavy atom. The highest BCUT2D eigenvalue weighted by Gasteiger charge is 2.32. The van der Waals surface area contributed by atoms with Crippen molar-refractivity contribution in [1.29, 1.82) is 0 Å². The van der Waals surface area contributed by atoms with E-state index in [9.17, 15) is 46.1 Å². The highest BCUT2D eigenvalue weighted by atomic mass is 32.2. The average Bonchev–Trinajstić information content (AvgIpc) is 3.88. The molecule has 4 aromatic carbocycles. The SMILES string of the molecule is O=C1C(c2[nH]c3ccc(S(=O)(=O)O)cc3c2O)=Nc2ccc(SOOO)cc21.O=S(=O)(O)c1ccc2[nH]c(C3=Nc4ccc(SOOO)cc4C3O)c(O)c2c1. The van der Waals surface area contributed by atoms with Crippen molar-refractivity contribution in [3.05, 3.63) is 95.3 Å². The lowest BCUT2D eigenvalue weighted by Gasteiger charge is -2.08. The zero-order chi connectivity index (χ0) is 40.1. The number of carbonyl (C=O) groups is 1. The monoisotopic (exact) mass is 846 g/mol. The van der Waals surface area contributed by atoms with Crippen LogP contribution < -0.4 is 0 Å². The minimum atomic E-state index is -4.45. The lowest BCUT2D eigenvalue weighted by molar-refractivity contribution is -0.432. The molecule has 0 amide bonds. The number of H-pyrrole nitrogens is 2. The summed E-state index contributed by atoms with van der Waals surface area (Å²) in [6.07, 6.45) is -1.18. The summed E-state index contributed by atoms with van der Waals surface area (Å²) >= 11 is 1.41. The fourth-order valence-corrected chi connectivity index (χ4v) is 7.67. The number of benzene rings is 4. The second kappa shape index (κ2) is 15.0. The second-order valence-corrected chi connectivity index (χ2v) is 16.0. The van der Waals surface area contributed by atoms with Gasteiger partial charge in [0, 0.05) is 37.2 Å². The van der Waals surface area contributed by atoms with E-state index in [1.807, 2.05) is 0 Å². The smallest absolute Gasteiger partial charge is 0.294 e. The predicted molar refractivity (Wildman–Crippen MR) is 195 cm³/mol. The molecule has 8 rings (SSSR count). The number of hydrogen-bond donors (Lipinski definition) is 9. The first-order valence-corrected chi connectivity index (χ1v) is 19.6. The van der Waals surface area contributed by atoms with Crippen LogP contribution in [0.3, 0.4) is 0 Å². The molecule has 2 aliphatic rings. The molecular weight excluding hydrogens is 825 g/mol. The third-order valence-electron chi connectivity index (χ3n) is 8.35. The fraction of sp³-hybridized carbons (Fsp3) is 0.0312. The van der Waals surface area contributed by atoms with Crippen molar-refractivity contribution >= 4 is 94.7 Å². The summed E-state index contributed by atoms with van der Waals surface area (Å²) in [6, 6.07) is 16.8. The molecule has 0 aliphatic carbocycles. The van der Waals surface area contributed by atoms with Crippen LogP contribution in [-0.4, -0.2) is 78.9 Å². The quantitative estimate of drug-likeness (QED) is 0.0351. The summed E-state index contributed by atoms with van der Waals surface area (Å²) in [5.74, 6) is -1.15. The number of aromatic hydroxyl groups is 2. The van der Waals surface area contributed by atoms with Crippen LogP contribution in [-0.2, 0) is 39.0 Å². The third-order valence-corrected chi connectivity index (χ3v) is 11.2. The highest BCUT2D eigenvalue weighted by molar-refractivity contribution is 7.94. The van der Waals surface area contributed by atoms with Crippen LogP contribution in [0.1, 0.15) is 33.4 Å². The molecule has 1 unspecified atom stereocenters. The van der Waals surface area contributed by atoms with E-state index >= 15 is 0 Å². The van der Waals surface area contributed by atoms with Gasteiger partial charge in [0.25, 0.3) is 20.2 Å². The summed E-state index contributed by atoms with van der Waals surface area (Å²) in [6.45, 7) is 0. The molecule has 0 radical (unpaired) electrons. The van der Waals surface area contributed by atoms with Crippen LogP contribution >= 0.6 is 24.1 Å². The van der Waals surface area contributed by atoms with E-state index in [1.54, 1.807) is 30.3 Å². The molecule has 0 spiro atoms. The molecule has 0 fully saturated rings. The number of aromatic amines is 2. The van der Waals surface area contributed by atoms with Gasteiger partial charge in [-0.15, -0.1) is 8.67 Å². The molecule has 0 saturated carbocycles. The van der Waals surface area contributed by atoms with Crippen molar-refractivity contribution in [2.24, 2.45) is 9.98 Å². The zero-order valence-corrected chi connectivity index (χ0v) is 30.6. The third kappa shape index (κ3) is 7.40. The summed E-state index contributed by atoms with van der Waals surface area (Å²) in [5, 5.41) is 55.5. The van der Waals surface area contributed by atoms with Gasteiger partial charge in [0.1, 0.15) is 34.7 Å². The van der Waals surface area contributed by atoms with Gasteiger partial charge in [-0.3, -0.25) is 13.9 Å². The Bertz CT molecular complexity index is 2870. The normalized spacial score (nSPS) is 15.1. The van der Waals surface area contributed by atoms with E-state index in [4.69, 9.17) is 10.5 Å². The van der Waals surface area contributed by atoms with Crippen LogP contribution in [0.5, 0.6) is 11.5 Å². The van der Waals surface area contributed by atoms with Crippen LogP contribution in [0, 0.1) is 0 Å². The Balaban J connectivity index is 0.000000172. The first kappa shape index (κ1) is 39.1. The molecule has 24 heteroatoms. The van der Waals surface area contributed by atoms with Crippen LogP contribution in [0.4, 0.5) is 11.4 Å². The predicted octanol–water partition coefficient (Wildman–Crippen LogP) is 5.58. The topological polar surface area (TPSA) is 320 Å². The number of hydrogen-bond acceptors (Lipinski definition) is 18. The lowest BCUT2D eigenvalue weighted by atomic mass is 10.0. The first-order valence-electron chi connectivity index (χ1n) is 15.2. The number of aliphatic hydroxyl groups excluding tert-OH is 1. The number of nitrogens with zero attached hydrogens (tertiary/aromatic N) is 2. The molecule has 2 aromatic heterocycles. The molecule has 56 heavy (non-hydrogen) atoms. The van der Waals surface area contributed by atoms with Crippen molar-refractivity contribution in [3.63, 3.8) is 0 Å². The van der Waals surface area contributed by atoms with Crippen LogP contribution in [0.15, 0.2) is 102 Å². The van der Waals surface area contributed by atoms with Crippen LogP contribution in [0.25, 0.3) is 21.8 Å². The summed E-state index contributed by atoms with van der Waals surface area (Å²) in [7, 11) is -8.89. The molecule has 0 bridgehead atoms. The van der Waals surface area contributed by atoms with Gasteiger partial charge in [-0.25, -0.2) is 20.5 Å². The summed E-state index contributed by atoms with van der Waals surface area (Å²) in [4.78, 5) is 27.3. The van der Waals surface area contributed by atoms with Gasteiger partial charge in [0.2, 0.25) is 5.78 Å². The highest BCUT2D eigenvalue weighted by Crippen LogP contribution is 2.42. The van der Waals surface area contributed by atoms with Crippen LogP contribution in [0.2, 0.25) is 0 Å². The van der Waals surface area contributed by atoms with Gasteiger partial charge in [0.15, 0.2) is 5.75 Å². The standard InChI is InChI=1S/C16H12N2O8S2.C16H10N2O8S2/c2*19-15-9-5-7(27-26-25-21)1-3-11(9)17-13(15)14-16(20)10-6-8(28(22,23)24)2-4-12(10)18-14/h1-6,15,18-21H,(H,22,23,24);1-6,18,20-21H,(H,22,23,24). The minimum Gasteiger partial charge on any atom is -0.505 e. The number of rotatable bonds is 10. The van der Waals surface area contributed by atoms with E-state index in [0.717, 1.165) is 30.2 Å². The Morgan fingerprint density at radius 3 is 1.73 bits per heavy atom. The summed E-state index contributed by atoms with van der Waals surface area (Å²) in [5.41, 5.74) is 2.50.